The van der Waals surface area contributed by atoms with E-state index < -0.39 is 5.91 Å². The number of amides is 1. The molecular weight excluding hydrogens is 298 g/mol. The van der Waals surface area contributed by atoms with Crippen LogP contribution >= 0.6 is 0 Å². The van der Waals surface area contributed by atoms with E-state index in [2.05, 4.69) is 42.0 Å². The molecule has 4 nitrogen and oxygen atoms in total. The lowest BCUT2D eigenvalue weighted by Gasteiger charge is -2.11. The van der Waals surface area contributed by atoms with Gasteiger partial charge in [0.25, 0.3) is 5.91 Å². The summed E-state index contributed by atoms with van der Waals surface area (Å²) in [6.45, 7) is 4.41. The minimum atomic E-state index is -0.485. The van der Waals surface area contributed by atoms with Crippen molar-refractivity contribution in [2.45, 2.75) is 38.5 Å². The van der Waals surface area contributed by atoms with Crippen LogP contribution in [0, 0.1) is 6.92 Å². The Hall–Kier alpha value is -2.62. The molecule has 4 heteroatoms. The highest BCUT2D eigenvalue weighted by Gasteiger charge is 2.42. The second-order valence-corrected chi connectivity index (χ2v) is 7.14. The molecule has 1 saturated carbocycles. The molecule has 2 aromatic heterocycles. The van der Waals surface area contributed by atoms with E-state index in [-0.39, 0.29) is 5.41 Å². The Morgan fingerprint density at radius 2 is 2.08 bits per heavy atom. The standard InChI is InChI=1S/C20H21N3O/c1-12-6-7-14-15(11-13-4-3-5-16(22-13)19(21)24)18(20(2)8-9-20)23-17(14)10-12/h3-7,10,23H,8-9,11H2,1-2H3,(H2,21,24). The molecule has 1 aliphatic carbocycles. The van der Waals surface area contributed by atoms with Crippen molar-refractivity contribution in [1.29, 1.82) is 0 Å². The normalized spacial score (nSPS) is 15.6. The topological polar surface area (TPSA) is 71.8 Å². The van der Waals surface area contributed by atoms with Gasteiger partial charge in [-0.2, -0.15) is 0 Å². The van der Waals surface area contributed by atoms with E-state index in [9.17, 15) is 4.79 Å². The van der Waals surface area contributed by atoms with Gasteiger partial charge in [0.15, 0.2) is 0 Å². The number of rotatable bonds is 4. The Balaban J connectivity index is 1.83. The minimum Gasteiger partial charge on any atom is -0.364 e. The predicted molar refractivity (Wildman–Crippen MR) is 95.2 cm³/mol. The number of carbonyl (C=O) groups is 1. The fourth-order valence-corrected chi connectivity index (χ4v) is 3.40. The molecule has 1 fully saturated rings. The van der Waals surface area contributed by atoms with Gasteiger partial charge in [-0.15, -0.1) is 0 Å². The first-order valence-electron chi connectivity index (χ1n) is 8.34. The number of nitrogens with one attached hydrogen (secondary N) is 1. The summed E-state index contributed by atoms with van der Waals surface area (Å²) in [4.78, 5) is 19.5. The van der Waals surface area contributed by atoms with Crippen LogP contribution in [0.15, 0.2) is 36.4 Å². The molecule has 0 saturated heterocycles. The number of nitrogens with zero attached hydrogens (tertiary/aromatic N) is 1. The Kier molecular flexibility index (Phi) is 3.23. The number of primary amides is 1. The average Bonchev–Trinajstić information content (AvgIpc) is 3.20. The van der Waals surface area contributed by atoms with Gasteiger partial charge in [0.1, 0.15) is 5.69 Å². The van der Waals surface area contributed by atoms with Gasteiger partial charge in [-0.05, 0) is 49.1 Å². The monoisotopic (exact) mass is 319 g/mol. The van der Waals surface area contributed by atoms with Crippen LogP contribution in [0.4, 0.5) is 0 Å². The highest BCUT2D eigenvalue weighted by Crippen LogP contribution is 2.50. The van der Waals surface area contributed by atoms with Crippen LogP contribution in [0.5, 0.6) is 0 Å². The van der Waals surface area contributed by atoms with Crippen molar-refractivity contribution in [3.05, 3.63) is 64.6 Å². The number of fused-ring (bicyclic) bond motifs is 1. The lowest BCUT2D eigenvalue weighted by Crippen LogP contribution is -2.14. The molecule has 24 heavy (non-hydrogen) atoms. The van der Waals surface area contributed by atoms with E-state index in [1.165, 1.54) is 40.6 Å². The van der Waals surface area contributed by atoms with E-state index in [4.69, 9.17) is 5.73 Å². The molecule has 4 rings (SSSR count). The maximum atomic E-state index is 11.4. The van der Waals surface area contributed by atoms with Crippen molar-refractivity contribution in [1.82, 2.24) is 9.97 Å². The lowest BCUT2D eigenvalue weighted by molar-refractivity contribution is 0.0995. The number of H-pyrrole nitrogens is 1. The van der Waals surface area contributed by atoms with Crippen LogP contribution in [-0.4, -0.2) is 15.9 Å². The summed E-state index contributed by atoms with van der Waals surface area (Å²) in [6, 6.07) is 12.0. The Morgan fingerprint density at radius 1 is 1.29 bits per heavy atom. The molecule has 1 amide bonds. The van der Waals surface area contributed by atoms with Crippen LogP contribution in [0.1, 0.15) is 52.8 Å². The second-order valence-electron chi connectivity index (χ2n) is 7.14. The molecule has 0 spiro atoms. The number of pyridine rings is 1. The van der Waals surface area contributed by atoms with Crippen molar-refractivity contribution in [3.8, 4) is 0 Å². The van der Waals surface area contributed by atoms with Gasteiger partial charge in [0.2, 0.25) is 0 Å². The number of aryl methyl sites for hydroxylation is 1. The van der Waals surface area contributed by atoms with Gasteiger partial charge in [-0.3, -0.25) is 4.79 Å². The molecule has 0 unspecified atom stereocenters. The minimum absolute atomic E-state index is 0.240. The van der Waals surface area contributed by atoms with E-state index in [0.29, 0.717) is 12.1 Å². The first-order chi connectivity index (χ1) is 11.5. The van der Waals surface area contributed by atoms with Crippen molar-refractivity contribution in [2.75, 3.05) is 0 Å². The molecule has 0 aliphatic heterocycles. The maximum absolute atomic E-state index is 11.4. The maximum Gasteiger partial charge on any atom is 0.267 e. The van der Waals surface area contributed by atoms with Gasteiger partial charge in [-0.1, -0.05) is 25.1 Å². The predicted octanol–water partition coefficient (Wildman–Crippen LogP) is 3.61. The number of hydrogen-bond acceptors (Lipinski definition) is 2. The molecule has 2 heterocycles. The average molecular weight is 319 g/mol. The molecule has 1 aliphatic rings. The summed E-state index contributed by atoms with van der Waals surface area (Å²) < 4.78 is 0. The van der Waals surface area contributed by atoms with Crippen molar-refractivity contribution in [2.24, 2.45) is 5.73 Å². The zero-order chi connectivity index (χ0) is 16.9. The number of aromatic amines is 1. The molecule has 122 valence electrons. The Morgan fingerprint density at radius 3 is 2.79 bits per heavy atom. The van der Waals surface area contributed by atoms with Crippen molar-refractivity contribution in [3.63, 3.8) is 0 Å². The fourth-order valence-electron chi connectivity index (χ4n) is 3.40. The first kappa shape index (κ1) is 14.9. The van der Waals surface area contributed by atoms with Crippen LogP contribution in [0.2, 0.25) is 0 Å². The van der Waals surface area contributed by atoms with E-state index in [1.807, 2.05) is 12.1 Å². The van der Waals surface area contributed by atoms with Crippen LogP contribution in [-0.2, 0) is 11.8 Å². The molecule has 3 aromatic rings. The van der Waals surface area contributed by atoms with E-state index in [1.54, 1.807) is 6.07 Å². The smallest absolute Gasteiger partial charge is 0.267 e. The van der Waals surface area contributed by atoms with Gasteiger partial charge in [-0.25, -0.2) is 4.98 Å². The summed E-state index contributed by atoms with van der Waals surface area (Å²) in [7, 11) is 0. The van der Waals surface area contributed by atoms with Gasteiger partial charge >= 0.3 is 0 Å². The summed E-state index contributed by atoms with van der Waals surface area (Å²) in [6.07, 6.45) is 3.12. The molecule has 0 radical (unpaired) electrons. The fraction of sp³-hybridized carbons (Fsp3) is 0.300. The first-order valence-corrected chi connectivity index (χ1v) is 8.34. The lowest BCUT2D eigenvalue weighted by atomic mass is 9.96. The third-order valence-corrected chi connectivity index (χ3v) is 5.08. The zero-order valence-electron chi connectivity index (χ0n) is 14.0. The largest absolute Gasteiger partial charge is 0.364 e. The Labute approximate surface area is 141 Å². The number of aromatic nitrogens is 2. The quantitative estimate of drug-likeness (QED) is 0.771. The second kappa shape index (κ2) is 5.20. The number of nitrogens with two attached hydrogens (primary N) is 1. The summed E-state index contributed by atoms with van der Waals surface area (Å²) >= 11 is 0. The van der Waals surface area contributed by atoms with Crippen molar-refractivity contribution >= 4 is 16.8 Å². The summed E-state index contributed by atoms with van der Waals surface area (Å²) in [5.41, 5.74) is 11.8. The van der Waals surface area contributed by atoms with E-state index in [0.717, 1.165) is 5.69 Å². The third-order valence-electron chi connectivity index (χ3n) is 5.08. The molecule has 3 N–H and O–H groups in total. The zero-order valence-corrected chi connectivity index (χ0v) is 14.0. The molecule has 1 aromatic carbocycles. The number of benzene rings is 1. The van der Waals surface area contributed by atoms with Crippen LogP contribution in [0.3, 0.4) is 0 Å². The Bertz CT molecular complexity index is 951. The van der Waals surface area contributed by atoms with Gasteiger partial charge in [0, 0.05) is 34.1 Å². The summed E-state index contributed by atoms with van der Waals surface area (Å²) in [5.74, 6) is -0.485. The van der Waals surface area contributed by atoms with Gasteiger partial charge in [0.05, 0.1) is 0 Å². The molecule has 0 atom stereocenters. The van der Waals surface area contributed by atoms with Gasteiger partial charge < -0.3 is 10.7 Å². The van der Waals surface area contributed by atoms with Crippen LogP contribution < -0.4 is 5.73 Å². The highest BCUT2D eigenvalue weighted by atomic mass is 16.1. The third kappa shape index (κ3) is 2.48. The van der Waals surface area contributed by atoms with Crippen LogP contribution in [0.25, 0.3) is 10.9 Å². The summed E-state index contributed by atoms with van der Waals surface area (Å²) in [5, 5.41) is 1.25. The number of hydrogen-bond donors (Lipinski definition) is 2. The molecule has 0 bridgehead atoms. The van der Waals surface area contributed by atoms with Crippen molar-refractivity contribution < 1.29 is 4.79 Å². The van der Waals surface area contributed by atoms with E-state index >= 15 is 0 Å². The number of carbonyl (C=O) groups excluding carboxylic acids is 1. The highest BCUT2D eigenvalue weighted by molar-refractivity contribution is 5.90. The molecular formula is C20H21N3O. The SMILES string of the molecule is Cc1ccc2c(Cc3cccc(C(N)=O)n3)c(C3(C)CC3)[nH]c2c1.